The van der Waals surface area contributed by atoms with Crippen LogP contribution in [0, 0.1) is 0 Å². The van der Waals surface area contributed by atoms with Gasteiger partial charge in [0, 0.05) is 11.3 Å². The lowest BCUT2D eigenvalue weighted by atomic mass is 10.1. The van der Waals surface area contributed by atoms with Crippen LogP contribution in [0.25, 0.3) is 0 Å². The van der Waals surface area contributed by atoms with Gasteiger partial charge < -0.3 is 19.5 Å². The second-order valence-corrected chi connectivity index (χ2v) is 6.58. The van der Waals surface area contributed by atoms with E-state index >= 15 is 0 Å². The molecule has 1 amide bonds. The van der Waals surface area contributed by atoms with Gasteiger partial charge >= 0.3 is 5.97 Å². The number of carbonyl (C=O) groups excluding carboxylic acids is 2. The maximum atomic E-state index is 12.4. The zero-order valence-electron chi connectivity index (χ0n) is 15.1. The minimum Gasteiger partial charge on any atom is -0.493 e. The Hall–Kier alpha value is -2.54. The molecule has 140 valence electrons. The molecular weight excluding hydrogens is 354 g/mol. The zero-order valence-corrected chi connectivity index (χ0v) is 15.9. The monoisotopic (exact) mass is 377 g/mol. The molecule has 26 heavy (non-hydrogen) atoms. The maximum absolute atomic E-state index is 12.4. The average molecular weight is 377 g/mol. The highest BCUT2D eigenvalue weighted by Crippen LogP contribution is 2.28. The van der Waals surface area contributed by atoms with Gasteiger partial charge in [-0.05, 0) is 35.6 Å². The molecule has 0 fully saturated rings. The summed E-state index contributed by atoms with van der Waals surface area (Å²) in [7, 11) is 4.50. The van der Waals surface area contributed by atoms with Crippen LogP contribution >= 0.6 is 11.3 Å². The number of nitrogens with one attached hydrogen (secondary N) is 1. The van der Waals surface area contributed by atoms with Gasteiger partial charge in [0.05, 0.1) is 33.8 Å². The van der Waals surface area contributed by atoms with Crippen molar-refractivity contribution in [1.29, 1.82) is 0 Å². The molecule has 7 heteroatoms. The Morgan fingerprint density at radius 3 is 2.50 bits per heavy atom. The quantitative estimate of drug-likeness (QED) is 0.680. The van der Waals surface area contributed by atoms with Crippen molar-refractivity contribution in [1.82, 2.24) is 5.32 Å². The van der Waals surface area contributed by atoms with Crippen LogP contribution in [-0.2, 0) is 20.7 Å². The molecule has 6 nitrogen and oxygen atoms in total. The van der Waals surface area contributed by atoms with E-state index in [1.807, 2.05) is 35.7 Å². The van der Waals surface area contributed by atoms with E-state index in [0.717, 1.165) is 10.4 Å². The molecule has 0 saturated heterocycles. The van der Waals surface area contributed by atoms with Crippen LogP contribution in [0.3, 0.4) is 0 Å². The fourth-order valence-electron chi connectivity index (χ4n) is 2.52. The topological polar surface area (TPSA) is 73.9 Å². The molecule has 0 aliphatic rings. The third kappa shape index (κ3) is 5.49. The van der Waals surface area contributed by atoms with Crippen molar-refractivity contribution in [3.8, 4) is 11.5 Å². The van der Waals surface area contributed by atoms with E-state index in [0.29, 0.717) is 24.3 Å². The van der Waals surface area contributed by atoms with E-state index in [-0.39, 0.29) is 24.3 Å². The predicted octanol–water partition coefficient (Wildman–Crippen LogP) is 3.12. The molecule has 0 saturated carbocycles. The van der Waals surface area contributed by atoms with Crippen molar-refractivity contribution in [3.63, 3.8) is 0 Å². The molecule has 0 bridgehead atoms. The molecule has 0 radical (unpaired) electrons. The first-order valence-electron chi connectivity index (χ1n) is 8.17. The number of esters is 1. The van der Waals surface area contributed by atoms with Crippen molar-refractivity contribution >= 4 is 23.2 Å². The highest BCUT2D eigenvalue weighted by Gasteiger charge is 2.19. The Morgan fingerprint density at radius 1 is 1.12 bits per heavy atom. The van der Waals surface area contributed by atoms with Gasteiger partial charge in [-0.25, -0.2) is 0 Å². The summed E-state index contributed by atoms with van der Waals surface area (Å²) >= 11 is 1.50. The summed E-state index contributed by atoms with van der Waals surface area (Å²) in [5.74, 6) is 0.801. The molecule has 0 spiro atoms. The normalized spacial score (nSPS) is 11.5. The minimum atomic E-state index is -0.375. The minimum absolute atomic E-state index is 0.110. The number of hydrogen-bond donors (Lipinski definition) is 1. The van der Waals surface area contributed by atoms with Gasteiger partial charge in [-0.15, -0.1) is 11.3 Å². The van der Waals surface area contributed by atoms with E-state index < -0.39 is 0 Å². The second kappa shape index (κ2) is 9.82. The van der Waals surface area contributed by atoms with Crippen molar-refractivity contribution in [2.45, 2.75) is 25.3 Å². The van der Waals surface area contributed by atoms with E-state index in [1.54, 1.807) is 14.2 Å². The molecule has 2 aromatic rings. The first kappa shape index (κ1) is 19.8. The third-order valence-corrected chi connectivity index (χ3v) is 4.89. The molecule has 0 aliphatic heterocycles. The Balaban J connectivity index is 1.96. The highest BCUT2D eigenvalue weighted by atomic mass is 32.1. The Labute approximate surface area is 157 Å². The Kier molecular flexibility index (Phi) is 7.47. The number of amides is 1. The van der Waals surface area contributed by atoms with Gasteiger partial charge in [-0.2, -0.15) is 0 Å². The number of carbonyl (C=O) groups is 2. The van der Waals surface area contributed by atoms with E-state index in [4.69, 9.17) is 14.2 Å². The molecule has 1 atom stereocenters. The summed E-state index contributed by atoms with van der Waals surface area (Å²) in [5, 5.41) is 4.83. The summed E-state index contributed by atoms with van der Waals surface area (Å²) in [5.41, 5.74) is 0.971. The smallest absolute Gasteiger partial charge is 0.307 e. The van der Waals surface area contributed by atoms with Crippen LogP contribution in [0.2, 0.25) is 0 Å². The maximum Gasteiger partial charge on any atom is 0.307 e. The van der Waals surface area contributed by atoms with E-state index in [9.17, 15) is 9.59 Å². The van der Waals surface area contributed by atoms with Gasteiger partial charge in [0.25, 0.3) is 0 Å². The summed E-state index contributed by atoms with van der Waals surface area (Å²) < 4.78 is 15.2. The van der Waals surface area contributed by atoms with Crippen LogP contribution in [0.4, 0.5) is 0 Å². The van der Waals surface area contributed by atoms with Crippen molar-refractivity contribution in [2.75, 3.05) is 21.3 Å². The molecule has 2 rings (SSSR count). The molecular formula is C19H23NO5S. The summed E-state index contributed by atoms with van der Waals surface area (Å²) in [4.78, 5) is 24.9. The Bertz CT molecular complexity index is 730. The first-order chi connectivity index (χ1) is 12.6. The summed E-state index contributed by atoms with van der Waals surface area (Å²) in [6, 6.07) is 8.99. The zero-order chi connectivity index (χ0) is 18.9. The van der Waals surface area contributed by atoms with Gasteiger partial charge in [0.15, 0.2) is 11.5 Å². The van der Waals surface area contributed by atoms with Crippen molar-refractivity contribution in [2.24, 2.45) is 0 Å². The lowest BCUT2D eigenvalue weighted by molar-refractivity contribution is -0.141. The van der Waals surface area contributed by atoms with Gasteiger partial charge in [-0.1, -0.05) is 12.1 Å². The number of benzene rings is 1. The summed E-state index contributed by atoms with van der Waals surface area (Å²) in [6.45, 7) is 0. The number of hydrogen-bond acceptors (Lipinski definition) is 6. The molecule has 1 N–H and O–H groups in total. The van der Waals surface area contributed by atoms with Crippen molar-refractivity contribution in [3.05, 3.63) is 46.2 Å². The Morgan fingerprint density at radius 2 is 1.88 bits per heavy atom. The van der Waals surface area contributed by atoms with Crippen LogP contribution in [-0.4, -0.2) is 33.2 Å². The van der Waals surface area contributed by atoms with Crippen LogP contribution < -0.4 is 14.8 Å². The molecule has 0 unspecified atom stereocenters. The van der Waals surface area contributed by atoms with E-state index in [1.165, 1.54) is 18.4 Å². The van der Waals surface area contributed by atoms with Gasteiger partial charge in [0.2, 0.25) is 5.91 Å². The molecule has 0 aliphatic carbocycles. The number of aryl methyl sites for hydroxylation is 1. The average Bonchev–Trinajstić information content (AvgIpc) is 3.20. The fourth-order valence-corrected chi connectivity index (χ4v) is 3.30. The standard InChI is InChI=1S/C19H23NO5S/c1-23-15-8-6-13(11-16(15)24-2)7-9-18(21)20-14(12-19(22)25-3)17-5-4-10-26-17/h4-6,8,10-11,14H,7,9,12H2,1-3H3,(H,20,21)/t14-/m0/s1. The third-order valence-electron chi connectivity index (χ3n) is 3.91. The van der Waals surface area contributed by atoms with Gasteiger partial charge in [0.1, 0.15) is 0 Å². The van der Waals surface area contributed by atoms with Crippen LogP contribution in [0.5, 0.6) is 11.5 Å². The number of thiophene rings is 1. The number of rotatable bonds is 9. The molecule has 1 aromatic carbocycles. The van der Waals surface area contributed by atoms with Crippen LogP contribution in [0.1, 0.15) is 29.3 Å². The lowest BCUT2D eigenvalue weighted by Gasteiger charge is -2.16. The highest BCUT2D eigenvalue weighted by molar-refractivity contribution is 7.10. The molecule has 1 aromatic heterocycles. The van der Waals surface area contributed by atoms with Crippen molar-refractivity contribution < 1.29 is 23.8 Å². The lowest BCUT2D eigenvalue weighted by Crippen LogP contribution is -2.30. The number of ether oxygens (including phenoxy) is 3. The van der Waals surface area contributed by atoms with E-state index in [2.05, 4.69) is 5.32 Å². The predicted molar refractivity (Wildman–Crippen MR) is 99.7 cm³/mol. The SMILES string of the molecule is COC(=O)C[C@H](NC(=O)CCc1ccc(OC)c(OC)c1)c1cccs1. The van der Waals surface area contributed by atoms with Crippen LogP contribution in [0.15, 0.2) is 35.7 Å². The molecule has 1 heterocycles. The fraction of sp³-hybridized carbons (Fsp3) is 0.368. The van der Waals surface area contributed by atoms with Gasteiger partial charge in [-0.3, -0.25) is 9.59 Å². The summed E-state index contributed by atoms with van der Waals surface area (Å²) in [6.07, 6.45) is 0.971. The second-order valence-electron chi connectivity index (χ2n) is 5.61. The number of methoxy groups -OCH3 is 3. The largest absolute Gasteiger partial charge is 0.493 e. The first-order valence-corrected chi connectivity index (χ1v) is 9.05.